The van der Waals surface area contributed by atoms with Crippen LogP contribution in [0.1, 0.15) is 17.7 Å². The van der Waals surface area contributed by atoms with E-state index in [0.717, 1.165) is 33.4 Å². The van der Waals surface area contributed by atoms with Gasteiger partial charge in [0.05, 0.1) is 5.69 Å². The fourth-order valence-corrected chi connectivity index (χ4v) is 2.68. The highest BCUT2D eigenvalue weighted by atomic mass is 79.9. The summed E-state index contributed by atoms with van der Waals surface area (Å²) in [6.45, 7) is 4.73. The van der Waals surface area contributed by atoms with Gasteiger partial charge in [-0.25, -0.2) is 4.98 Å². The molecule has 2 rings (SSSR count). The molecule has 0 spiro atoms. The van der Waals surface area contributed by atoms with Crippen LogP contribution < -0.4 is 4.90 Å². The number of anilines is 1. The maximum absolute atomic E-state index is 11.9. The van der Waals surface area contributed by atoms with Gasteiger partial charge in [-0.3, -0.25) is 9.69 Å². The van der Waals surface area contributed by atoms with Crippen molar-refractivity contribution in [2.24, 2.45) is 5.92 Å². The molecule has 1 aromatic rings. The van der Waals surface area contributed by atoms with Crippen LogP contribution in [0, 0.1) is 19.8 Å². The maximum Gasteiger partial charge on any atom is 0.228 e. The lowest BCUT2D eigenvalue weighted by Crippen LogP contribution is -2.26. The quantitative estimate of drug-likeness (QED) is 0.758. The molecule has 0 bridgehead atoms. The van der Waals surface area contributed by atoms with E-state index >= 15 is 0 Å². The molecule has 3 nitrogen and oxygen atoms in total. The van der Waals surface area contributed by atoms with Crippen LogP contribution in [0.15, 0.2) is 10.5 Å². The molecule has 0 N–H and O–H groups in total. The summed E-state index contributed by atoms with van der Waals surface area (Å²) < 4.78 is 1.02. The van der Waals surface area contributed by atoms with E-state index in [9.17, 15) is 4.79 Å². The standard InChI is InChI=1S/C12H14Br2N2O/c1-7-3-10(15-8(2)12(7)14)16-6-9(5-13)4-11(16)17/h3,9H,4-6H2,1-2H3. The van der Waals surface area contributed by atoms with Crippen molar-refractivity contribution in [2.75, 3.05) is 16.8 Å². The number of hydrogen-bond acceptors (Lipinski definition) is 2. The predicted octanol–water partition coefficient (Wildman–Crippen LogP) is 3.21. The number of alkyl halides is 1. The molecule has 5 heteroatoms. The molecule has 2 heterocycles. The van der Waals surface area contributed by atoms with Crippen LogP contribution in [0.5, 0.6) is 0 Å². The lowest BCUT2D eigenvalue weighted by molar-refractivity contribution is -0.117. The highest BCUT2D eigenvalue weighted by Gasteiger charge is 2.30. The van der Waals surface area contributed by atoms with E-state index in [-0.39, 0.29) is 5.91 Å². The molecule has 1 amide bonds. The minimum atomic E-state index is 0.170. The summed E-state index contributed by atoms with van der Waals surface area (Å²) in [7, 11) is 0. The lowest BCUT2D eigenvalue weighted by atomic mass is 10.2. The summed E-state index contributed by atoms with van der Waals surface area (Å²) in [5, 5.41) is 0.865. The Hall–Kier alpha value is -0.420. The molecule has 17 heavy (non-hydrogen) atoms. The van der Waals surface area contributed by atoms with Crippen LogP contribution >= 0.6 is 31.9 Å². The number of aryl methyl sites for hydroxylation is 2. The second-order valence-corrected chi connectivity index (χ2v) is 5.87. The van der Waals surface area contributed by atoms with Crippen molar-refractivity contribution in [1.82, 2.24) is 4.98 Å². The van der Waals surface area contributed by atoms with E-state index in [0.29, 0.717) is 12.3 Å². The van der Waals surface area contributed by atoms with Gasteiger partial charge in [0.15, 0.2) is 0 Å². The number of hydrogen-bond donors (Lipinski definition) is 0. The summed E-state index contributed by atoms with van der Waals surface area (Å²) in [6, 6.07) is 1.96. The van der Waals surface area contributed by atoms with E-state index in [1.54, 1.807) is 4.90 Å². The number of amides is 1. The van der Waals surface area contributed by atoms with Crippen LogP contribution in [0.25, 0.3) is 0 Å². The monoisotopic (exact) mass is 360 g/mol. The Morgan fingerprint density at radius 2 is 2.24 bits per heavy atom. The van der Waals surface area contributed by atoms with Crippen LogP contribution in [-0.4, -0.2) is 22.8 Å². The first-order valence-corrected chi connectivity index (χ1v) is 7.44. The van der Waals surface area contributed by atoms with Gasteiger partial charge in [0.25, 0.3) is 0 Å². The Morgan fingerprint density at radius 1 is 1.53 bits per heavy atom. The smallest absolute Gasteiger partial charge is 0.228 e. The Labute approximate surface area is 118 Å². The Morgan fingerprint density at radius 3 is 2.76 bits per heavy atom. The maximum atomic E-state index is 11.9. The van der Waals surface area contributed by atoms with Crippen molar-refractivity contribution in [3.8, 4) is 0 Å². The number of nitrogens with zero attached hydrogens (tertiary/aromatic N) is 2. The number of halogens is 2. The highest BCUT2D eigenvalue weighted by Crippen LogP contribution is 2.28. The fourth-order valence-electron chi connectivity index (χ4n) is 2.04. The first kappa shape index (κ1) is 13.0. The van der Waals surface area contributed by atoms with Gasteiger partial charge in [0.2, 0.25) is 5.91 Å². The molecule has 0 aliphatic carbocycles. The van der Waals surface area contributed by atoms with Crippen molar-refractivity contribution in [1.29, 1.82) is 0 Å². The normalized spacial score (nSPS) is 20.1. The third kappa shape index (κ3) is 2.55. The van der Waals surface area contributed by atoms with E-state index in [1.165, 1.54) is 0 Å². The third-order valence-electron chi connectivity index (χ3n) is 2.99. The first-order valence-electron chi connectivity index (χ1n) is 5.53. The van der Waals surface area contributed by atoms with Crippen molar-refractivity contribution in [3.05, 3.63) is 21.8 Å². The zero-order chi connectivity index (χ0) is 12.6. The van der Waals surface area contributed by atoms with Gasteiger partial charge in [-0.05, 0) is 47.3 Å². The molecule has 92 valence electrons. The van der Waals surface area contributed by atoms with Crippen molar-refractivity contribution >= 4 is 43.6 Å². The van der Waals surface area contributed by atoms with Gasteiger partial charge in [-0.15, -0.1) is 0 Å². The van der Waals surface area contributed by atoms with Crippen LogP contribution in [0.4, 0.5) is 5.82 Å². The topological polar surface area (TPSA) is 33.2 Å². The molecule has 0 aromatic carbocycles. The molecular formula is C12H14Br2N2O. The van der Waals surface area contributed by atoms with Crippen LogP contribution in [-0.2, 0) is 4.79 Å². The zero-order valence-electron chi connectivity index (χ0n) is 9.83. The summed E-state index contributed by atoms with van der Waals surface area (Å²) in [6.07, 6.45) is 0.612. The molecular weight excluding hydrogens is 348 g/mol. The Kier molecular flexibility index (Phi) is 3.88. The van der Waals surface area contributed by atoms with Gasteiger partial charge >= 0.3 is 0 Å². The van der Waals surface area contributed by atoms with E-state index in [1.807, 2.05) is 19.9 Å². The molecule has 1 atom stereocenters. The highest BCUT2D eigenvalue weighted by molar-refractivity contribution is 9.10. The number of carbonyl (C=O) groups excluding carboxylic acids is 1. The second kappa shape index (κ2) is 5.06. The molecule has 1 aliphatic rings. The molecule has 1 saturated heterocycles. The molecule has 0 saturated carbocycles. The number of carbonyl (C=O) groups is 1. The average Bonchev–Trinajstić information content (AvgIpc) is 2.67. The fraction of sp³-hybridized carbons (Fsp3) is 0.500. The third-order valence-corrected chi connectivity index (χ3v) is 5.11. The lowest BCUT2D eigenvalue weighted by Gasteiger charge is -2.17. The molecule has 1 fully saturated rings. The van der Waals surface area contributed by atoms with E-state index in [4.69, 9.17) is 0 Å². The number of pyridine rings is 1. The second-order valence-electron chi connectivity index (χ2n) is 4.43. The molecule has 1 aliphatic heterocycles. The van der Waals surface area contributed by atoms with E-state index in [2.05, 4.69) is 36.8 Å². The van der Waals surface area contributed by atoms with Crippen LogP contribution in [0.3, 0.4) is 0 Å². The minimum Gasteiger partial charge on any atom is -0.296 e. The Balaban J connectivity index is 2.32. The minimum absolute atomic E-state index is 0.170. The summed E-state index contributed by atoms with van der Waals surface area (Å²) >= 11 is 6.93. The summed E-state index contributed by atoms with van der Waals surface area (Å²) in [5.74, 6) is 1.34. The Bertz CT molecular complexity index is 439. The van der Waals surface area contributed by atoms with Gasteiger partial charge in [0.1, 0.15) is 5.82 Å². The predicted molar refractivity (Wildman–Crippen MR) is 75.7 cm³/mol. The SMILES string of the molecule is Cc1cc(N2CC(CBr)CC2=O)nc(C)c1Br. The number of rotatable bonds is 2. The molecule has 0 radical (unpaired) electrons. The first-order chi connectivity index (χ1) is 8.02. The summed E-state index contributed by atoms with van der Waals surface area (Å²) in [4.78, 5) is 18.2. The van der Waals surface area contributed by atoms with Gasteiger partial charge < -0.3 is 0 Å². The zero-order valence-corrected chi connectivity index (χ0v) is 13.0. The van der Waals surface area contributed by atoms with Crippen molar-refractivity contribution in [3.63, 3.8) is 0 Å². The largest absolute Gasteiger partial charge is 0.296 e. The number of aromatic nitrogens is 1. The van der Waals surface area contributed by atoms with Gasteiger partial charge in [-0.1, -0.05) is 15.9 Å². The molecule has 1 aromatic heterocycles. The van der Waals surface area contributed by atoms with Gasteiger partial charge in [-0.2, -0.15) is 0 Å². The van der Waals surface area contributed by atoms with Crippen molar-refractivity contribution < 1.29 is 4.79 Å². The van der Waals surface area contributed by atoms with Crippen LogP contribution in [0.2, 0.25) is 0 Å². The van der Waals surface area contributed by atoms with E-state index < -0.39 is 0 Å². The summed E-state index contributed by atoms with van der Waals surface area (Å²) in [5.41, 5.74) is 2.04. The average molecular weight is 362 g/mol. The molecule has 1 unspecified atom stereocenters. The van der Waals surface area contributed by atoms with Gasteiger partial charge in [0, 0.05) is 22.8 Å². The van der Waals surface area contributed by atoms with Crippen molar-refractivity contribution in [2.45, 2.75) is 20.3 Å².